The van der Waals surface area contributed by atoms with Gasteiger partial charge < -0.3 is 18.3 Å². The molecule has 0 radical (unpaired) electrons. The number of Topliss-reactive ketones (excluding diaryl/α,β-unsaturated/α-hetero) is 1. The number of aromatic nitrogens is 1. The summed E-state index contributed by atoms with van der Waals surface area (Å²) in [5, 5.41) is 5.14. The first kappa shape index (κ1) is 22.8. The van der Waals surface area contributed by atoms with Crippen LogP contribution in [-0.4, -0.2) is 49.2 Å². The number of piperidine rings is 1. The van der Waals surface area contributed by atoms with E-state index >= 15 is 0 Å². The molecule has 2 heterocycles. The number of halogens is 1. The van der Waals surface area contributed by atoms with E-state index in [1.807, 2.05) is 6.07 Å². The molecule has 1 saturated heterocycles. The zero-order chi connectivity index (χ0) is 22.5. The molecule has 6 nitrogen and oxygen atoms in total. The molecule has 0 unspecified atom stereocenters. The SMILES string of the molecule is COSc1cc(C(C)=O)ccc1OCCCN1CCC(c2noc3cc(F)ccc23)CC1. The third-order valence-corrected chi connectivity index (χ3v) is 6.50. The van der Waals surface area contributed by atoms with E-state index in [4.69, 9.17) is 13.4 Å². The van der Waals surface area contributed by atoms with Crippen molar-refractivity contribution in [3.8, 4) is 5.75 Å². The van der Waals surface area contributed by atoms with E-state index in [0.717, 1.165) is 60.6 Å². The predicted octanol–water partition coefficient (Wildman–Crippen LogP) is 5.47. The molecule has 0 atom stereocenters. The maximum Gasteiger partial charge on any atom is 0.170 e. The van der Waals surface area contributed by atoms with Crippen molar-refractivity contribution in [3.05, 3.63) is 53.5 Å². The first-order valence-electron chi connectivity index (χ1n) is 10.8. The topological polar surface area (TPSA) is 64.8 Å². The highest BCUT2D eigenvalue weighted by atomic mass is 32.2. The second-order valence-electron chi connectivity index (χ2n) is 7.99. The third kappa shape index (κ3) is 5.31. The Hall–Kier alpha value is -2.42. The Morgan fingerprint density at radius 1 is 1.25 bits per heavy atom. The molecule has 0 bridgehead atoms. The standard InChI is InChI=1S/C24H27FN2O4S/c1-16(28)18-4-7-21(23(14-18)32-29-2)30-13-3-10-27-11-8-17(9-12-27)24-20-6-5-19(25)15-22(20)31-26-24/h4-7,14-15,17H,3,8-13H2,1-2H3. The predicted molar refractivity (Wildman–Crippen MR) is 122 cm³/mol. The molecule has 170 valence electrons. The second kappa shape index (κ2) is 10.5. The zero-order valence-electron chi connectivity index (χ0n) is 18.3. The Balaban J connectivity index is 1.25. The van der Waals surface area contributed by atoms with Crippen LogP contribution in [0, 0.1) is 5.82 Å². The van der Waals surface area contributed by atoms with Crippen LogP contribution in [0.3, 0.4) is 0 Å². The van der Waals surface area contributed by atoms with Crippen LogP contribution in [0.5, 0.6) is 5.75 Å². The van der Waals surface area contributed by atoms with Gasteiger partial charge in [-0.1, -0.05) is 5.16 Å². The van der Waals surface area contributed by atoms with Gasteiger partial charge in [0.1, 0.15) is 11.6 Å². The molecule has 1 aliphatic rings. The number of ketones is 1. The quantitative estimate of drug-likeness (QED) is 0.239. The molecule has 1 aromatic heterocycles. The van der Waals surface area contributed by atoms with E-state index in [9.17, 15) is 9.18 Å². The average Bonchev–Trinajstić information content (AvgIpc) is 3.21. The highest BCUT2D eigenvalue weighted by Gasteiger charge is 2.25. The molecule has 3 aromatic rings. The van der Waals surface area contributed by atoms with Crippen molar-refractivity contribution in [3.63, 3.8) is 0 Å². The molecule has 32 heavy (non-hydrogen) atoms. The fraction of sp³-hybridized carbons (Fsp3) is 0.417. The second-order valence-corrected chi connectivity index (χ2v) is 8.93. The molecule has 1 fully saturated rings. The Bertz CT molecular complexity index is 1080. The summed E-state index contributed by atoms with van der Waals surface area (Å²) in [7, 11) is 1.60. The summed E-state index contributed by atoms with van der Waals surface area (Å²) >= 11 is 1.20. The number of ether oxygens (including phenoxy) is 1. The number of hydrogen-bond donors (Lipinski definition) is 0. The lowest BCUT2D eigenvalue weighted by atomic mass is 9.91. The third-order valence-electron chi connectivity index (χ3n) is 5.84. The van der Waals surface area contributed by atoms with Gasteiger partial charge in [-0.25, -0.2) is 4.39 Å². The molecule has 0 N–H and O–H groups in total. The van der Waals surface area contributed by atoms with Crippen molar-refractivity contribution < 1.29 is 22.6 Å². The summed E-state index contributed by atoms with van der Waals surface area (Å²) in [6, 6.07) is 10.0. The van der Waals surface area contributed by atoms with Crippen molar-refractivity contribution >= 4 is 28.8 Å². The molecule has 2 aromatic carbocycles. The van der Waals surface area contributed by atoms with E-state index in [2.05, 4.69) is 10.1 Å². The van der Waals surface area contributed by atoms with E-state index in [0.29, 0.717) is 23.7 Å². The molecule has 1 aliphatic heterocycles. The molecule has 4 rings (SSSR count). The first-order valence-corrected chi connectivity index (χ1v) is 11.5. The Morgan fingerprint density at radius 2 is 2.06 bits per heavy atom. The van der Waals surface area contributed by atoms with E-state index in [1.54, 1.807) is 32.2 Å². The number of rotatable bonds is 9. The molecular formula is C24H27FN2O4S. The van der Waals surface area contributed by atoms with Crippen LogP contribution in [0.2, 0.25) is 0 Å². The minimum absolute atomic E-state index is 0.0173. The lowest BCUT2D eigenvalue weighted by Gasteiger charge is -2.31. The summed E-state index contributed by atoms with van der Waals surface area (Å²) in [4.78, 5) is 14.8. The summed E-state index contributed by atoms with van der Waals surface area (Å²) in [6.45, 7) is 5.06. The number of carbonyl (C=O) groups excluding carboxylic acids is 1. The summed E-state index contributed by atoms with van der Waals surface area (Å²) in [5.41, 5.74) is 2.10. The van der Waals surface area contributed by atoms with Crippen LogP contribution in [0.15, 0.2) is 45.8 Å². The van der Waals surface area contributed by atoms with Crippen molar-refractivity contribution in [1.82, 2.24) is 10.1 Å². The minimum Gasteiger partial charge on any atom is -0.492 e. The van der Waals surface area contributed by atoms with Gasteiger partial charge >= 0.3 is 0 Å². The number of carbonyl (C=O) groups is 1. The van der Waals surface area contributed by atoms with Gasteiger partial charge in [-0.2, -0.15) is 0 Å². The summed E-state index contributed by atoms with van der Waals surface area (Å²) in [6.07, 6.45) is 2.91. The normalized spacial score (nSPS) is 15.3. The van der Waals surface area contributed by atoms with E-state index < -0.39 is 0 Å². The zero-order valence-corrected chi connectivity index (χ0v) is 19.1. The first-order chi connectivity index (χ1) is 15.5. The number of likely N-dealkylation sites (tertiary alicyclic amines) is 1. The van der Waals surface area contributed by atoms with Gasteiger partial charge in [-0.3, -0.25) is 4.79 Å². The van der Waals surface area contributed by atoms with Crippen molar-refractivity contribution in [2.75, 3.05) is 33.4 Å². The molecule has 0 aliphatic carbocycles. The fourth-order valence-electron chi connectivity index (χ4n) is 4.13. The summed E-state index contributed by atoms with van der Waals surface area (Å²) < 4.78 is 29.8. The smallest absolute Gasteiger partial charge is 0.170 e. The van der Waals surface area contributed by atoms with Crippen LogP contribution in [-0.2, 0) is 4.18 Å². The molecular weight excluding hydrogens is 431 g/mol. The number of benzene rings is 2. The molecule has 0 amide bonds. The minimum atomic E-state index is -0.306. The van der Waals surface area contributed by atoms with Gasteiger partial charge in [-0.05, 0) is 69.6 Å². The lowest BCUT2D eigenvalue weighted by Crippen LogP contribution is -2.34. The molecule has 0 spiro atoms. The number of nitrogens with zero attached hydrogens (tertiary/aromatic N) is 2. The van der Waals surface area contributed by atoms with Crippen molar-refractivity contribution in [2.45, 2.75) is 37.0 Å². The van der Waals surface area contributed by atoms with Crippen molar-refractivity contribution in [1.29, 1.82) is 0 Å². The van der Waals surface area contributed by atoms with Crippen LogP contribution in [0.4, 0.5) is 4.39 Å². The molecule has 8 heteroatoms. The Kier molecular flexibility index (Phi) is 7.44. The summed E-state index contributed by atoms with van der Waals surface area (Å²) in [5.74, 6) is 0.779. The monoisotopic (exact) mass is 458 g/mol. The maximum absolute atomic E-state index is 13.4. The largest absolute Gasteiger partial charge is 0.492 e. The Labute approximate surface area is 191 Å². The number of fused-ring (bicyclic) bond motifs is 1. The Morgan fingerprint density at radius 3 is 2.81 bits per heavy atom. The maximum atomic E-state index is 13.4. The van der Waals surface area contributed by atoms with Crippen LogP contribution >= 0.6 is 12.0 Å². The van der Waals surface area contributed by atoms with Gasteiger partial charge in [0.05, 0.1) is 24.3 Å². The van der Waals surface area contributed by atoms with E-state index in [1.165, 1.54) is 24.2 Å². The van der Waals surface area contributed by atoms with E-state index in [-0.39, 0.29) is 11.6 Å². The van der Waals surface area contributed by atoms with Gasteiger partial charge in [-0.15, -0.1) is 0 Å². The van der Waals surface area contributed by atoms with Gasteiger partial charge in [0, 0.05) is 41.5 Å². The van der Waals surface area contributed by atoms with Crippen LogP contribution in [0.25, 0.3) is 11.0 Å². The van der Waals surface area contributed by atoms with Crippen LogP contribution in [0.1, 0.15) is 48.2 Å². The highest BCUT2D eigenvalue weighted by molar-refractivity contribution is 7.94. The molecule has 0 saturated carbocycles. The average molecular weight is 459 g/mol. The lowest BCUT2D eigenvalue weighted by molar-refractivity contribution is 0.101. The van der Waals surface area contributed by atoms with Crippen molar-refractivity contribution in [2.24, 2.45) is 0 Å². The van der Waals surface area contributed by atoms with Gasteiger partial charge in [0.15, 0.2) is 11.4 Å². The highest BCUT2D eigenvalue weighted by Crippen LogP contribution is 2.33. The van der Waals surface area contributed by atoms with Gasteiger partial charge in [0.25, 0.3) is 0 Å². The van der Waals surface area contributed by atoms with Gasteiger partial charge in [0.2, 0.25) is 0 Å². The number of hydrogen-bond acceptors (Lipinski definition) is 7. The fourth-order valence-corrected chi connectivity index (χ4v) is 4.69. The van der Waals surface area contributed by atoms with Crippen LogP contribution < -0.4 is 4.74 Å².